The topological polar surface area (TPSA) is 54.3 Å². The van der Waals surface area contributed by atoms with E-state index < -0.39 is 10.0 Å². The van der Waals surface area contributed by atoms with Crippen molar-refractivity contribution in [3.63, 3.8) is 0 Å². The van der Waals surface area contributed by atoms with Crippen LogP contribution in [0.5, 0.6) is 0 Å². The number of thioether (sulfide) groups is 1. The third-order valence-electron chi connectivity index (χ3n) is 4.33. The maximum absolute atomic E-state index is 12.7. The van der Waals surface area contributed by atoms with Crippen LogP contribution in [0.25, 0.3) is 0 Å². The average Bonchev–Trinajstić information content (AvgIpc) is 2.98. The molecule has 2 heterocycles. The number of sulfonamides is 1. The molecule has 1 aromatic rings. The Morgan fingerprint density at radius 1 is 1.43 bits per heavy atom. The van der Waals surface area contributed by atoms with Crippen LogP contribution in [-0.2, 0) is 23.6 Å². The molecule has 3 rings (SSSR count). The Morgan fingerprint density at radius 2 is 2.19 bits per heavy atom. The highest BCUT2D eigenvalue weighted by molar-refractivity contribution is 7.99. The van der Waals surface area contributed by atoms with Crippen LogP contribution >= 0.6 is 11.8 Å². The fraction of sp³-hybridized carbons (Fsp3) is 0.714. The Morgan fingerprint density at radius 3 is 2.81 bits per heavy atom. The van der Waals surface area contributed by atoms with Gasteiger partial charge in [-0.05, 0) is 31.1 Å². The summed E-state index contributed by atoms with van der Waals surface area (Å²) in [5, 5.41) is 3.43. The van der Waals surface area contributed by atoms with Crippen molar-refractivity contribution in [2.75, 3.05) is 18.6 Å². The van der Waals surface area contributed by atoms with E-state index in [1.807, 2.05) is 29.4 Å². The number of aromatic nitrogens is 1. The van der Waals surface area contributed by atoms with Crippen LogP contribution < -0.4 is 5.32 Å². The lowest BCUT2D eigenvalue weighted by atomic mass is 10.3. The molecule has 1 atom stereocenters. The molecule has 1 aromatic heterocycles. The summed E-state index contributed by atoms with van der Waals surface area (Å²) in [6.07, 6.45) is 5.15. The van der Waals surface area contributed by atoms with E-state index in [9.17, 15) is 8.42 Å². The monoisotopic (exact) mass is 329 g/mol. The molecule has 0 amide bonds. The lowest BCUT2D eigenvalue weighted by Gasteiger charge is -2.22. The van der Waals surface area contributed by atoms with Crippen molar-refractivity contribution in [1.82, 2.24) is 14.2 Å². The molecule has 0 spiro atoms. The van der Waals surface area contributed by atoms with Gasteiger partial charge in [0.2, 0.25) is 10.0 Å². The van der Waals surface area contributed by atoms with Gasteiger partial charge in [0, 0.05) is 50.4 Å². The summed E-state index contributed by atoms with van der Waals surface area (Å²) in [5.74, 6) is 1.95. The largest absolute Gasteiger partial charge is 0.352 e. The van der Waals surface area contributed by atoms with Crippen molar-refractivity contribution in [3.8, 4) is 0 Å². The van der Waals surface area contributed by atoms with E-state index in [0.29, 0.717) is 10.9 Å². The summed E-state index contributed by atoms with van der Waals surface area (Å²) in [4.78, 5) is 0.414. The number of hydrogen-bond donors (Lipinski definition) is 1. The van der Waals surface area contributed by atoms with Crippen LogP contribution in [0.4, 0.5) is 0 Å². The standard InChI is InChI=1S/C14H23N3O2S2/c1-16-9-14(7-13(16)8-15-11-3-4-11)21(18,19)17(2)12-5-6-20-10-12/h7,9,11-12,15H,3-6,8,10H2,1-2H3. The molecule has 21 heavy (non-hydrogen) atoms. The zero-order valence-corrected chi connectivity index (χ0v) is 14.2. The van der Waals surface area contributed by atoms with E-state index >= 15 is 0 Å². The van der Waals surface area contributed by atoms with Gasteiger partial charge in [-0.1, -0.05) is 0 Å². The third kappa shape index (κ3) is 3.31. The zero-order valence-electron chi connectivity index (χ0n) is 12.6. The highest BCUT2D eigenvalue weighted by Gasteiger charge is 2.31. The minimum absolute atomic E-state index is 0.133. The molecule has 0 radical (unpaired) electrons. The second-order valence-corrected chi connectivity index (χ2v) is 9.12. The summed E-state index contributed by atoms with van der Waals surface area (Å²) in [7, 11) is 0.245. The Labute approximate surface area is 131 Å². The van der Waals surface area contributed by atoms with E-state index in [1.165, 1.54) is 12.8 Å². The van der Waals surface area contributed by atoms with Crippen molar-refractivity contribution in [2.45, 2.75) is 42.8 Å². The van der Waals surface area contributed by atoms with Crippen LogP contribution in [0.1, 0.15) is 25.0 Å². The van der Waals surface area contributed by atoms with E-state index in [1.54, 1.807) is 17.5 Å². The van der Waals surface area contributed by atoms with Gasteiger partial charge in [0.25, 0.3) is 0 Å². The minimum atomic E-state index is -3.38. The number of aryl methyl sites for hydroxylation is 1. The summed E-state index contributed by atoms with van der Waals surface area (Å²) >= 11 is 1.83. The molecule has 0 bridgehead atoms. The van der Waals surface area contributed by atoms with E-state index in [2.05, 4.69) is 5.32 Å². The Balaban J connectivity index is 1.76. The van der Waals surface area contributed by atoms with Crippen LogP contribution in [0.15, 0.2) is 17.2 Å². The lowest BCUT2D eigenvalue weighted by molar-refractivity contribution is 0.394. The predicted molar refractivity (Wildman–Crippen MR) is 86.0 cm³/mol. The first-order valence-corrected chi connectivity index (χ1v) is 10.0. The maximum atomic E-state index is 12.7. The van der Waals surface area contributed by atoms with Crippen LogP contribution in [0, 0.1) is 0 Å². The van der Waals surface area contributed by atoms with Crippen molar-refractivity contribution in [2.24, 2.45) is 7.05 Å². The molecule has 1 aliphatic heterocycles. The molecule has 2 fully saturated rings. The first kappa shape index (κ1) is 15.4. The Kier molecular flexibility index (Phi) is 4.36. The molecule has 0 aromatic carbocycles. The number of nitrogens with zero attached hydrogens (tertiary/aromatic N) is 2. The van der Waals surface area contributed by atoms with Gasteiger partial charge in [-0.15, -0.1) is 0 Å². The molecular formula is C14H23N3O2S2. The highest BCUT2D eigenvalue weighted by Crippen LogP contribution is 2.27. The molecule has 1 saturated carbocycles. The smallest absolute Gasteiger partial charge is 0.244 e. The number of nitrogens with one attached hydrogen (secondary N) is 1. The second-order valence-electron chi connectivity index (χ2n) is 5.97. The molecule has 1 aliphatic carbocycles. The van der Waals surface area contributed by atoms with Crippen molar-refractivity contribution < 1.29 is 8.42 Å². The minimum Gasteiger partial charge on any atom is -0.352 e. The average molecular weight is 329 g/mol. The van der Waals surface area contributed by atoms with Gasteiger partial charge in [-0.25, -0.2) is 8.42 Å². The van der Waals surface area contributed by atoms with Gasteiger partial charge in [0.05, 0.1) is 0 Å². The molecule has 7 heteroatoms. The summed E-state index contributed by atoms with van der Waals surface area (Å²) < 4.78 is 28.9. The zero-order chi connectivity index (χ0) is 15.0. The van der Waals surface area contributed by atoms with E-state index in [0.717, 1.165) is 30.2 Å². The lowest BCUT2D eigenvalue weighted by Crippen LogP contribution is -2.36. The van der Waals surface area contributed by atoms with Gasteiger partial charge in [-0.3, -0.25) is 0 Å². The van der Waals surface area contributed by atoms with Crippen molar-refractivity contribution in [1.29, 1.82) is 0 Å². The molecule has 118 valence electrons. The van der Waals surface area contributed by atoms with Gasteiger partial charge >= 0.3 is 0 Å². The Bertz CT molecular complexity index is 602. The van der Waals surface area contributed by atoms with Crippen molar-refractivity contribution in [3.05, 3.63) is 18.0 Å². The van der Waals surface area contributed by atoms with Crippen LogP contribution in [0.2, 0.25) is 0 Å². The number of rotatable bonds is 6. The fourth-order valence-corrected chi connectivity index (χ4v) is 5.44. The summed E-state index contributed by atoms with van der Waals surface area (Å²) in [6, 6.07) is 2.56. The van der Waals surface area contributed by atoms with Gasteiger partial charge in [-0.2, -0.15) is 16.1 Å². The second kappa shape index (κ2) is 5.95. The normalized spacial score (nSPS) is 23.1. The van der Waals surface area contributed by atoms with E-state index in [4.69, 9.17) is 0 Å². The first-order chi connectivity index (χ1) is 9.98. The molecule has 1 N–H and O–H groups in total. The third-order valence-corrected chi connectivity index (χ3v) is 7.35. The molecule has 2 aliphatic rings. The highest BCUT2D eigenvalue weighted by atomic mass is 32.2. The van der Waals surface area contributed by atoms with Gasteiger partial charge < -0.3 is 9.88 Å². The predicted octanol–water partition coefficient (Wildman–Crippen LogP) is 1.40. The molecule has 5 nitrogen and oxygen atoms in total. The van der Waals surface area contributed by atoms with Crippen LogP contribution in [-0.4, -0.2) is 47.9 Å². The maximum Gasteiger partial charge on any atom is 0.244 e. The summed E-state index contributed by atoms with van der Waals surface area (Å²) in [6.45, 7) is 0.736. The number of hydrogen-bond acceptors (Lipinski definition) is 4. The first-order valence-electron chi connectivity index (χ1n) is 7.43. The van der Waals surface area contributed by atoms with Crippen molar-refractivity contribution >= 4 is 21.8 Å². The molecular weight excluding hydrogens is 306 g/mol. The van der Waals surface area contributed by atoms with Gasteiger partial charge in [0.1, 0.15) is 4.90 Å². The van der Waals surface area contributed by atoms with Gasteiger partial charge in [0.15, 0.2) is 0 Å². The quantitative estimate of drug-likeness (QED) is 0.857. The molecule has 1 saturated heterocycles. The SMILES string of the molecule is CN(C1CCSC1)S(=O)(=O)c1cc(CNC2CC2)n(C)c1. The molecule has 1 unspecified atom stereocenters. The van der Waals surface area contributed by atoms with Crippen LogP contribution in [0.3, 0.4) is 0 Å². The van der Waals surface area contributed by atoms with E-state index in [-0.39, 0.29) is 6.04 Å². The summed E-state index contributed by atoms with van der Waals surface area (Å²) in [5.41, 5.74) is 1.02. The fourth-order valence-electron chi connectivity index (χ4n) is 2.60. The Hall–Kier alpha value is -0.500.